The zero-order valence-electron chi connectivity index (χ0n) is 14.4. The lowest BCUT2D eigenvalue weighted by molar-refractivity contribution is 0.0693. The quantitative estimate of drug-likeness (QED) is 0.701. The van der Waals surface area contributed by atoms with Crippen molar-refractivity contribution in [3.05, 3.63) is 63.7 Å². The number of hydrogen-bond acceptors (Lipinski definition) is 2. The number of carboxylic acid groups (broad SMARTS) is 1. The summed E-state index contributed by atoms with van der Waals surface area (Å²) in [5.74, 6) is -1.57. The average molecular weight is 390 g/mol. The van der Waals surface area contributed by atoms with Crippen LogP contribution in [-0.4, -0.2) is 11.1 Å². The van der Waals surface area contributed by atoms with Gasteiger partial charge in [0.1, 0.15) is 0 Å². The van der Waals surface area contributed by atoms with Crippen molar-refractivity contribution in [2.45, 2.75) is 31.2 Å². The number of fused-ring (bicyclic) bond motifs is 7. The summed E-state index contributed by atoms with van der Waals surface area (Å²) in [4.78, 5) is 11.9. The van der Waals surface area contributed by atoms with Crippen LogP contribution in [0.1, 0.15) is 52.7 Å². The van der Waals surface area contributed by atoms with Crippen molar-refractivity contribution in [1.29, 1.82) is 0 Å². The Morgan fingerprint density at radius 2 is 1.89 bits per heavy atom. The van der Waals surface area contributed by atoms with E-state index in [9.17, 15) is 18.7 Å². The minimum atomic E-state index is -0.983. The second-order valence-electron chi connectivity index (χ2n) is 7.95. The topological polar surface area (TPSA) is 49.3 Å². The van der Waals surface area contributed by atoms with Crippen LogP contribution in [0.4, 0.5) is 14.5 Å². The Bertz CT molecular complexity index is 963. The first-order chi connectivity index (χ1) is 12.9. The van der Waals surface area contributed by atoms with Crippen LogP contribution < -0.4 is 5.32 Å². The van der Waals surface area contributed by atoms with Crippen LogP contribution in [-0.2, 0) is 0 Å². The lowest BCUT2D eigenvalue weighted by Gasteiger charge is -2.44. The second kappa shape index (κ2) is 5.93. The molecule has 2 fully saturated rings. The molecule has 0 spiro atoms. The van der Waals surface area contributed by atoms with Gasteiger partial charge in [0.25, 0.3) is 0 Å². The average Bonchev–Trinajstić information content (AvgIpc) is 3.24. The molecule has 1 aliphatic heterocycles. The zero-order chi connectivity index (χ0) is 18.9. The fourth-order valence-corrected chi connectivity index (χ4v) is 6.01. The number of benzene rings is 2. The minimum Gasteiger partial charge on any atom is -0.478 e. The Morgan fingerprint density at radius 3 is 2.63 bits per heavy atom. The van der Waals surface area contributed by atoms with Gasteiger partial charge in [-0.3, -0.25) is 0 Å². The summed E-state index contributed by atoms with van der Waals surface area (Å²) >= 11 is 6.17. The highest BCUT2D eigenvalue weighted by Gasteiger charge is 2.54. The minimum absolute atomic E-state index is 0.0986. The van der Waals surface area contributed by atoms with E-state index < -0.39 is 17.6 Å². The molecule has 5 atom stereocenters. The number of carbonyl (C=O) groups is 1. The SMILES string of the molecule is O=C(O)c1cc(Cl)cc2c1[C@H]1[C@H]3CC[C@H](C3)[C@H]1[C@@H](c1ccc(F)c(F)c1)N2. The van der Waals surface area contributed by atoms with E-state index >= 15 is 0 Å². The summed E-state index contributed by atoms with van der Waals surface area (Å²) in [5.41, 5.74) is 2.46. The molecule has 140 valence electrons. The first-order valence-corrected chi connectivity index (χ1v) is 9.60. The maximum atomic E-state index is 13.9. The van der Waals surface area contributed by atoms with Crippen LogP contribution in [0.25, 0.3) is 0 Å². The summed E-state index contributed by atoms with van der Waals surface area (Å²) in [6.45, 7) is 0. The molecular formula is C21H18ClF2NO2. The van der Waals surface area contributed by atoms with Crippen molar-refractivity contribution in [1.82, 2.24) is 0 Å². The third-order valence-electron chi connectivity index (χ3n) is 6.69. The predicted molar refractivity (Wildman–Crippen MR) is 98.2 cm³/mol. The smallest absolute Gasteiger partial charge is 0.336 e. The fourth-order valence-electron chi connectivity index (χ4n) is 5.79. The molecule has 0 saturated heterocycles. The van der Waals surface area contributed by atoms with Crippen LogP contribution >= 0.6 is 11.6 Å². The number of aromatic carboxylic acids is 1. The molecule has 3 aliphatic rings. The predicted octanol–water partition coefficient (Wildman–Crippen LogP) is 5.61. The van der Waals surface area contributed by atoms with Crippen molar-refractivity contribution in [2.75, 3.05) is 5.32 Å². The third kappa shape index (κ3) is 2.48. The van der Waals surface area contributed by atoms with E-state index in [0.717, 1.165) is 30.9 Å². The third-order valence-corrected chi connectivity index (χ3v) is 6.91. The maximum Gasteiger partial charge on any atom is 0.336 e. The van der Waals surface area contributed by atoms with E-state index in [2.05, 4.69) is 5.32 Å². The van der Waals surface area contributed by atoms with Crippen molar-refractivity contribution in [2.24, 2.45) is 17.8 Å². The van der Waals surface area contributed by atoms with Crippen LogP contribution in [0.2, 0.25) is 5.02 Å². The van der Waals surface area contributed by atoms with Crippen molar-refractivity contribution < 1.29 is 18.7 Å². The summed E-state index contributed by atoms with van der Waals surface area (Å²) in [7, 11) is 0. The molecular weight excluding hydrogens is 372 g/mol. The van der Waals surface area contributed by atoms with E-state index in [4.69, 9.17) is 11.6 Å². The lowest BCUT2D eigenvalue weighted by Crippen LogP contribution is -2.36. The lowest BCUT2D eigenvalue weighted by atomic mass is 9.67. The number of rotatable bonds is 2. The zero-order valence-corrected chi connectivity index (χ0v) is 15.1. The standard InChI is InChI=1S/C21H18ClF2NO2/c22-12-7-13(21(26)27)19-16(8-12)25-20(11-3-4-14(23)15(24)6-11)18-10-2-1-9(5-10)17(18)19/h3-4,6-10,17-18,20,25H,1-2,5H2,(H,26,27)/t9-,10+,17-,18+,20+/m0/s1. The van der Waals surface area contributed by atoms with Crippen LogP contribution in [0.5, 0.6) is 0 Å². The summed E-state index contributed by atoms with van der Waals surface area (Å²) < 4.78 is 27.3. The van der Waals surface area contributed by atoms with E-state index in [1.807, 2.05) is 0 Å². The van der Waals surface area contributed by atoms with Gasteiger partial charge in [-0.25, -0.2) is 13.6 Å². The molecule has 0 unspecified atom stereocenters. The van der Waals surface area contributed by atoms with Gasteiger partial charge in [0, 0.05) is 10.7 Å². The molecule has 2 aromatic carbocycles. The molecule has 1 heterocycles. The van der Waals surface area contributed by atoms with Gasteiger partial charge in [0.2, 0.25) is 0 Å². The molecule has 2 N–H and O–H groups in total. The largest absolute Gasteiger partial charge is 0.478 e. The highest BCUT2D eigenvalue weighted by molar-refractivity contribution is 6.31. The second-order valence-corrected chi connectivity index (χ2v) is 8.39. The molecule has 5 rings (SSSR count). The molecule has 3 nitrogen and oxygen atoms in total. The summed E-state index contributed by atoms with van der Waals surface area (Å²) in [6.07, 6.45) is 3.23. The number of anilines is 1. The molecule has 0 radical (unpaired) electrons. The van der Waals surface area contributed by atoms with Crippen LogP contribution in [0, 0.1) is 29.4 Å². The van der Waals surface area contributed by atoms with Gasteiger partial charge >= 0.3 is 5.97 Å². The molecule has 2 aliphatic carbocycles. The van der Waals surface area contributed by atoms with Gasteiger partial charge < -0.3 is 10.4 Å². The monoisotopic (exact) mass is 389 g/mol. The number of halogens is 3. The Labute approximate surface area is 160 Å². The highest BCUT2D eigenvalue weighted by atomic mass is 35.5. The highest BCUT2D eigenvalue weighted by Crippen LogP contribution is 2.64. The van der Waals surface area contributed by atoms with E-state index in [1.54, 1.807) is 12.1 Å². The summed E-state index contributed by atoms with van der Waals surface area (Å²) in [5, 5.41) is 13.5. The Balaban J connectivity index is 1.69. The normalized spacial score (nSPS) is 30.6. The van der Waals surface area contributed by atoms with Crippen LogP contribution in [0.3, 0.4) is 0 Å². The van der Waals surface area contributed by atoms with E-state index in [0.29, 0.717) is 28.1 Å². The van der Waals surface area contributed by atoms with E-state index in [1.165, 1.54) is 12.1 Å². The molecule has 2 aromatic rings. The van der Waals surface area contributed by atoms with E-state index in [-0.39, 0.29) is 23.4 Å². The van der Waals surface area contributed by atoms with Gasteiger partial charge in [0.05, 0.1) is 11.6 Å². The first kappa shape index (κ1) is 17.0. The van der Waals surface area contributed by atoms with Gasteiger partial charge in [-0.2, -0.15) is 0 Å². The Morgan fingerprint density at radius 1 is 1.11 bits per heavy atom. The van der Waals surface area contributed by atoms with Crippen molar-refractivity contribution in [3.8, 4) is 0 Å². The number of hydrogen-bond donors (Lipinski definition) is 2. The summed E-state index contributed by atoms with van der Waals surface area (Å²) in [6, 6.07) is 7.11. The van der Waals surface area contributed by atoms with Gasteiger partial charge in [-0.15, -0.1) is 0 Å². The number of nitrogens with one attached hydrogen (secondary N) is 1. The van der Waals surface area contributed by atoms with Gasteiger partial charge in [-0.1, -0.05) is 17.7 Å². The van der Waals surface area contributed by atoms with Gasteiger partial charge in [-0.05, 0) is 78.3 Å². The van der Waals surface area contributed by atoms with Crippen molar-refractivity contribution in [3.63, 3.8) is 0 Å². The van der Waals surface area contributed by atoms with Crippen LogP contribution in [0.15, 0.2) is 30.3 Å². The Kier molecular flexibility index (Phi) is 3.73. The molecule has 6 heteroatoms. The molecule has 27 heavy (non-hydrogen) atoms. The van der Waals surface area contributed by atoms with Crippen molar-refractivity contribution >= 4 is 23.3 Å². The molecule has 2 saturated carbocycles. The Hall–Kier alpha value is -2.14. The molecule has 0 aromatic heterocycles. The molecule has 2 bridgehead atoms. The first-order valence-electron chi connectivity index (χ1n) is 9.22. The molecule has 0 amide bonds. The fraction of sp³-hybridized carbons (Fsp3) is 0.381. The van der Waals surface area contributed by atoms with Gasteiger partial charge in [0.15, 0.2) is 11.6 Å². The maximum absolute atomic E-state index is 13.9. The number of carboxylic acids is 1.